The van der Waals surface area contributed by atoms with E-state index >= 15 is 0 Å². The fourth-order valence-electron chi connectivity index (χ4n) is 0.236. The molecule has 0 bridgehead atoms. The molecule has 0 aliphatic rings. The van der Waals surface area contributed by atoms with Gasteiger partial charge in [0.15, 0.2) is 5.12 Å². The highest BCUT2D eigenvalue weighted by Gasteiger charge is 2.01. The van der Waals surface area contributed by atoms with Crippen LogP contribution in [0.2, 0.25) is 0 Å². The summed E-state index contributed by atoms with van der Waals surface area (Å²) in [4.78, 5) is 10.5. The van der Waals surface area contributed by atoms with Gasteiger partial charge in [-0.25, -0.2) is 0 Å². The molecule has 0 aromatic rings. The van der Waals surface area contributed by atoms with Crippen LogP contribution in [-0.4, -0.2) is 14.5 Å². The Bertz CT molecular complexity index is 72.1. The van der Waals surface area contributed by atoms with Crippen LogP contribution in [0.5, 0.6) is 0 Å². The third kappa shape index (κ3) is 2.88. The summed E-state index contributed by atoms with van der Waals surface area (Å²) < 4.78 is 0. The molecular formula is C4H10OSSi. The smallest absolute Gasteiger partial charge is 0.184 e. The molecule has 3 heteroatoms. The van der Waals surface area contributed by atoms with Crippen molar-refractivity contribution in [2.24, 2.45) is 5.92 Å². The van der Waals surface area contributed by atoms with Crippen LogP contribution in [0.4, 0.5) is 0 Å². The SMILES string of the molecule is CC(C)C(=O)S[SiH3]. The second-order valence-corrected chi connectivity index (χ2v) is 3.71. The zero-order valence-corrected chi connectivity index (χ0v) is 7.71. The van der Waals surface area contributed by atoms with Crippen molar-refractivity contribution in [3.63, 3.8) is 0 Å². The highest BCUT2D eigenvalue weighted by Crippen LogP contribution is 2.03. The lowest BCUT2D eigenvalue weighted by Gasteiger charge is -1.95. The molecule has 0 heterocycles. The van der Waals surface area contributed by atoms with Gasteiger partial charge in [-0.05, 0) is 0 Å². The van der Waals surface area contributed by atoms with Crippen molar-refractivity contribution in [2.45, 2.75) is 13.8 Å². The van der Waals surface area contributed by atoms with Crippen LogP contribution in [-0.2, 0) is 4.79 Å². The van der Waals surface area contributed by atoms with Gasteiger partial charge < -0.3 is 0 Å². The monoisotopic (exact) mass is 134 g/mol. The summed E-state index contributed by atoms with van der Waals surface area (Å²) >= 11 is 1.43. The lowest BCUT2D eigenvalue weighted by Crippen LogP contribution is -1.99. The minimum atomic E-state index is 0.225. The average molecular weight is 134 g/mol. The molecule has 1 nitrogen and oxygen atoms in total. The first kappa shape index (κ1) is 7.24. The van der Waals surface area contributed by atoms with E-state index < -0.39 is 0 Å². The minimum absolute atomic E-state index is 0.225. The summed E-state index contributed by atoms with van der Waals surface area (Å²) in [6, 6.07) is 0. The Kier molecular flexibility index (Phi) is 3.38. The van der Waals surface area contributed by atoms with Crippen molar-refractivity contribution in [3.8, 4) is 0 Å². The molecule has 0 saturated heterocycles. The van der Waals surface area contributed by atoms with Gasteiger partial charge in [0, 0.05) is 5.92 Å². The topological polar surface area (TPSA) is 17.1 Å². The molecule has 0 aromatic heterocycles. The lowest BCUT2D eigenvalue weighted by molar-refractivity contribution is -0.113. The highest BCUT2D eigenvalue weighted by molar-refractivity contribution is 8.31. The summed E-state index contributed by atoms with van der Waals surface area (Å²) in [5.41, 5.74) is 0. The summed E-state index contributed by atoms with van der Waals surface area (Å²) in [7, 11) is 0.938. The Morgan fingerprint density at radius 3 is 2.14 bits per heavy atom. The molecule has 0 radical (unpaired) electrons. The van der Waals surface area contributed by atoms with Gasteiger partial charge in [-0.15, -0.1) is 11.2 Å². The maximum absolute atomic E-state index is 10.5. The maximum Gasteiger partial charge on any atom is 0.184 e. The molecule has 0 fully saturated rings. The Morgan fingerprint density at radius 1 is 1.71 bits per heavy atom. The fourth-order valence-corrected chi connectivity index (χ4v) is 2.12. The molecule has 0 aromatic carbocycles. The van der Waals surface area contributed by atoms with Gasteiger partial charge in [0.05, 0.1) is 9.39 Å². The molecule has 0 aliphatic carbocycles. The van der Waals surface area contributed by atoms with E-state index in [0.29, 0.717) is 5.12 Å². The third-order valence-electron chi connectivity index (χ3n) is 0.673. The third-order valence-corrected chi connectivity index (χ3v) is 2.75. The van der Waals surface area contributed by atoms with Crippen LogP contribution < -0.4 is 0 Å². The Labute approximate surface area is 50.9 Å². The summed E-state index contributed by atoms with van der Waals surface area (Å²) in [6.07, 6.45) is 0. The first-order chi connectivity index (χ1) is 3.18. The van der Waals surface area contributed by atoms with Crippen molar-refractivity contribution in [1.29, 1.82) is 0 Å². The second kappa shape index (κ2) is 3.27. The van der Waals surface area contributed by atoms with Crippen LogP contribution in [0.15, 0.2) is 0 Å². The van der Waals surface area contributed by atoms with Gasteiger partial charge in [-0.3, -0.25) is 4.79 Å². The van der Waals surface area contributed by atoms with Gasteiger partial charge in [-0.2, -0.15) is 0 Å². The van der Waals surface area contributed by atoms with Crippen LogP contribution in [0.25, 0.3) is 0 Å². The molecule has 0 aliphatic heterocycles. The first-order valence-electron chi connectivity index (χ1n) is 2.26. The van der Waals surface area contributed by atoms with E-state index in [1.54, 1.807) is 0 Å². The molecule has 0 amide bonds. The quantitative estimate of drug-likeness (QED) is 0.476. The Morgan fingerprint density at radius 2 is 2.14 bits per heavy atom. The van der Waals surface area contributed by atoms with E-state index in [1.807, 2.05) is 13.8 Å². The predicted molar refractivity (Wildman–Crippen MR) is 37.4 cm³/mol. The lowest BCUT2D eigenvalue weighted by atomic mass is 10.3. The molecule has 42 valence electrons. The van der Waals surface area contributed by atoms with E-state index in [0.717, 1.165) is 9.39 Å². The van der Waals surface area contributed by atoms with Gasteiger partial charge in [-0.1, -0.05) is 13.8 Å². The average Bonchev–Trinajstić information content (AvgIpc) is 1.65. The second-order valence-electron chi connectivity index (χ2n) is 1.68. The van der Waals surface area contributed by atoms with E-state index in [9.17, 15) is 4.79 Å². The Balaban J connectivity index is 3.35. The highest BCUT2D eigenvalue weighted by atomic mass is 32.4. The van der Waals surface area contributed by atoms with E-state index in [2.05, 4.69) is 0 Å². The van der Waals surface area contributed by atoms with Gasteiger partial charge in [0.2, 0.25) is 0 Å². The molecule has 7 heavy (non-hydrogen) atoms. The van der Waals surface area contributed by atoms with Crippen molar-refractivity contribution in [2.75, 3.05) is 0 Å². The molecule has 0 unspecified atom stereocenters. The van der Waals surface area contributed by atoms with Crippen LogP contribution in [0.1, 0.15) is 13.8 Å². The predicted octanol–water partition coefficient (Wildman–Crippen LogP) is 0.183. The normalized spacial score (nSPS) is 10.1. The molecular weight excluding hydrogens is 124 g/mol. The number of hydrogen-bond donors (Lipinski definition) is 0. The van der Waals surface area contributed by atoms with Gasteiger partial charge in [0.25, 0.3) is 0 Å². The van der Waals surface area contributed by atoms with Crippen molar-refractivity contribution in [1.82, 2.24) is 0 Å². The molecule has 0 spiro atoms. The number of carbonyl (C=O) groups is 1. The number of hydrogen-bond acceptors (Lipinski definition) is 2. The summed E-state index contributed by atoms with van der Waals surface area (Å²) in [5, 5.41) is 0.326. The van der Waals surface area contributed by atoms with Crippen molar-refractivity contribution < 1.29 is 4.79 Å². The van der Waals surface area contributed by atoms with E-state index in [4.69, 9.17) is 0 Å². The number of carbonyl (C=O) groups excluding carboxylic acids is 1. The van der Waals surface area contributed by atoms with Gasteiger partial charge in [0.1, 0.15) is 0 Å². The fraction of sp³-hybridized carbons (Fsp3) is 0.750. The molecule has 0 rings (SSSR count). The zero-order valence-electron chi connectivity index (χ0n) is 4.89. The minimum Gasteiger partial charge on any atom is -0.288 e. The van der Waals surface area contributed by atoms with Crippen molar-refractivity contribution in [3.05, 3.63) is 0 Å². The Hall–Kier alpha value is 0.237. The molecule has 0 N–H and O–H groups in total. The zero-order chi connectivity index (χ0) is 5.86. The number of rotatable bonds is 1. The first-order valence-corrected chi connectivity index (χ1v) is 5.93. The summed E-state index contributed by atoms with van der Waals surface area (Å²) in [6.45, 7) is 3.85. The molecule has 0 saturated carbocycles. The van der Waals surface area contributed by atoms with Crippen molar-refractivity contribution >= 4 is 25.7 Å². The van der Waals surface area contributed by atoms with Crippen LogP contribution in [0.3, 0.4) is 0 Å². The maximum atomic E-state index is 10.5. The van der Waals surface area contributed by atoms with E-state index in [1.165, 1.54) is 11.2 Å². The van der Waals surface area contributed by atoms with Gasteiger partial charge >= 0.3 is 0 Å². The molecule has 0 atom stereocenters. The summed E-state index contributed by atoms with van der Waals surface area (Å²) in [5.74, 6) is 0.225. The standard InChI is InChI=1S/C4H10OSSi/c1-3(2)4(5)6-7/h3H,1-2,7H3. The van der Waals surface area contributed by atoms with Crippen LogP contribution >= 0.6 is 11.2 Å². The van der Waals surface area contributed by atoms with Crippen LogP contribution in [0, 0.1) is 5.92 Å². The van der Waals surface area contributed by atoms with E-state index in [-0.39, 0.29) is 5.92 Å². The largest absolute Gasteiger partial charge is 0.288 e.